The number of nitrogens with zero attached hydrogens (tertiary/aromatic N) is 3. The van der Waals surface area contributed by atoms with Gasteiger partial charge in [0.2, 0.25) is 5.88 Å². The molecule has 2 amide bonds. The lowest BCUT2D eigenvalue weighted by Gasteiger charge is -2.21. The molecule has 0 saturated carbocycles. The van der Waals surface area contributed by atoms with Crippen molar-refractivity contribution in [1.29, 1.82) is 0 Å². The van der Waals surface area contributed by atoms with Crippen LogP contribution >= 0.6 is 0 Å². The van der Waals surface area contributed by atoms with Crippen molar-refractivity contribution in [3.63, 3.8) is 0 Å². The smallest absolute Gasteiger partial charge is 0.320 e. The molecule has 39 heavy (non-hydrogen) atoms. The summed E-state index contributed by atoms with van der Waals surface area (Å²) < 4.78 is 39.9. The second kappa shape index (κ2) is 13.0. The largest absolute Gasteiger partial charge is 0.474 e. The highest BCUT2D eigenvalue weighted by atomic mass is 19.2. The molecular formula is C27H33F2N5O5. The van der Waals surface area contributed by atoms with E-state index in [0.29, 0.717) is 48.9 Å². The van der Waals surface area contributed by atoms with Gasteiger partial charge in [-0.2, -0.15) is 0 Å². The quantitative estimate of drug-likeness (QED) is 0.292. The number of ether oxygens (including phenoxy) is 2. The van der Waals surface area contributed by atoms with Gasteiger partial charge in [-0.05, 0) is 36.8 Å². The number of urea groups is 1. The van der Waals surface area contributed by atoms with E-state index < -0.39 is 36.4 Å². The van der Waals surface area contributed by atoms with Crippen LogP contribution in [0.25, 0.3) is 5.69 Å². The summed E-state index contributed by atoms with van der Waals surface area (Å²) in [5, 5.41) is 29.1. The molecule has 0 bridgehead atoms. The fraction of sp³-hybridized carbons (Fsp3) is 0.407. The summed E-state index contributed by atoms with van der Waals surface area (Å²) in [4.78, 5) is 15.4. The number of carbonyl (C=O) groups excluding carboxylic acids is 1. The Labute approximate surface area is 225 Å². The van der Waals surface area contributed by atoms with Crippen LogP contribution in [0.4, 0.5) is 19.4 Å². The highest BCUT2D eigenvalue weighted by Crippen LogP contribution is 2.31. The van der Waals surface area contributed by atoms with Gasteiger partial charge in [-0.15, -0.1) is 5.10 Å². The second-order valence-corrected chi connectivity index (χ2v) is 9.41. The van der Waals surface area contributed by atoms with E-state index in [0.717, 1.165) is 6.07 Å². The first-order chi connectivity index (χ1) is 18.8. The Morgan fingerprint density at radius 1 is 1.18 bits per heavy atom. The Bertz CT molecular complexity index is 1260. The maximum Gasteiger partial charge on any atom is 0.320 e. The lowest BCUT2D eigenvalue weighted by atomic mass is 9.94. The molecule has 3 aromatic rings. The zero-order chi connectivity index (χ0) is 27.9. The number of aliphatic hydroxyl groups excluding tert-OH is 2. The van der Waals surface area contributed by atoms with E-state index >= 15 is 0 Å². The third kappa shape index (κ3) is 6.90. The van der Waals surface area contributed by atoms with Crippen LogP contribution in [0.3, 0.4) is 0 Å². The molecule has 1 aliphatic heterocycles. The summed E-state index contributed by atoms with van der Waals surface area (Å²) in [6.07, 6.45) is -1.08. The number of halogens is 2. The average Bonchev–Trinajstić information content (AvgIpc) is 3.48. The highest BCUT2D eigenvalue weighted by molar-refractivity contribution is 5.90. The van der Waals surface area contributed by atoms with Crippen molar-refractivity contribution in [1.82, 2.24) is 20.0 Å². The number of aromatic nitrogens is 2. The van der Waals surface area contributed by atoms with E-state index in [-0.39, 0.29) is 18.4 Å². The number of nitrogens with one attached hydrogen (secondary N) is 2. The minimum Gasteiger partial charge on any atom is -0.474 e. The van der Waals surface area contributed by atoms with E-state index in [1.54, 1.807) is 14.0 Å². The first kappa shape index (κ1) is 28.4. The number of likely N-dealkylation sites (tertiary alicyclic amines) is 1. The first-order valence-corrected chi connectivity index (χ1v) is 12.6. The monoisotopic (exact) mass is 545 g/mol. The van der Waals surface area contributed by atoms with E-state index in [1.165, 1.54) is 16.8 Å². The van der Waals surface area contributed by atoms with Gasteiger partial charge in [0.15, 0.2) is 11.6 Å². The summed E-state index contributed by atoms with van der Waals surface area (Å²) >= 11 is 0. The first-order valence-electron chi connectivity index (χ1n) is 12.6. The number of hydrogen-bond donors (Lipinski definition) is 4. The summed E-state index contributed by atoms with van der Waals surface area (Å²) in [6.45, 7) is 3.21. The van der Waals surface area contributed by atoms with Crippen LogP contribution in [0, 0.1) is 18.6 Å². The fourth-order valence-corrected chi connectivity index (χ4v) is 4.57. The van der Waals surface area contributed by atoms with Crippen molar-refractivity contribution in [3.05, 3.63) is 71.3 Å². The number of amides is 2. The van der Waals surface area contributed by atoms with Crippen LogP contribution in [0.15, 0.2) is 48.5 Å². The van der Waals surface area contributed by atoms with E-state index in [1.807, 2.05) is 30.3 Å². The van der Waals surface area contributed by atoms with Gasteiger partial charge >= 0.3 is 6.03 Å². The fourth-order valence-electron chi connectivity index (χ4n) is 4.57. The summed E-state index contributed by atoms with van der Waals surface area (Å²) in [5.74, 6) is -1.60. The molecule has 4 N–H and O–H groups in total. The van der Waals surface area contributed by atoms with Gasteiger partial charge in [0.1, 0.15) is 18.5 Å². The Morgan fingerprint density at radius 3 is 2.64 bits per heavy atom. The predicted octanol–water partition coefficient (Wildman–Crippen LogP) is 2.43. The number of carbonyl (C=O) groups is 1. The Balaban J connectivity index is 1.56. The molecular weight excluding hydrogens is 512 g/mol. The van der Waals surface area contributed by atoms with Crippen molar-refractivity contribution in [2.75, 3.05) is 51.9 Å². The summed E-state index contributed by atoms with van der Waals surface area (Å²) in [6, 6.07) is 12.0. The van der Waals surface area contributed by atoms with E-state index in [9.17, 15) is 18.7 Å². The number of hydrogen-bond acceptors (Lipinski definition) is 7. The molecule has 0 radical (unpaired) electrons. The number of aliphatic hydroxyl groups is 2. The molecule has 2 aromatic carbocycles. The molecule has 1 fully saturated rings. The molecule has 10 nitrogen and oxygen atoms in total. The topological polar surface area (TPSA) is 121 Å². The number of anilines is 1. The number of para-hydroxylation sites is 1. The van der Waals surface area contributed by atoms with Gasteiger partial charge in [-0.3, -0.25) is 10.2 Å². The number of methoxy groups -OCH3 is 1. The van der Waals surface area contributed by atoms with Crippen molar-refractivity contribution >= 4 is 11.8 Å². The number of benzene rings is 2. The lowest BCUT2D eigenvalue weighted by molar-refractivity contribution is 0.0518. The molecule has 1 aromatic heterocycles. The van der Waals surface area contributed by atoms with Crippen molar-refractivity contribution < 1.29 is 33.3 Å². The van der Waals surface area contributed by atoms with Crippen LogP contribution in [0.2, 0.25) is 0 Å². The van der Waals surface area contributed by atoms with Gasteiger partial charge in [0.25, 0.3) is 0 Å². The molecule has 12 heteroatoms. The van der Waals surface area contributed by atoms with Gasteiger partial charge < -0.3 is 25.0 Å². The SMILES string of the molecule is COCCN1CC(NC(=O)Nc2c(C)c(OCC(O)CO)nn2-c2ccccc2)C(c2ccc(F)c(F)c2)C1. The van der Waals surface area contributed by atoms with Gasteiger partial charge in [-0.25, -0.2) is 18.3 Å². The van der Waals surface area contributed by atoms with E-state index in [2.05, 4.69) is 20.6 Å². The molecule has 3 unspecified atom stereocenters. The molecule has 4 rings (SSSR count). The summed E-state index contributed by atoms with van der Waals surface area (Å²) in [5.41, 5.74) is 1.77. The van der Waals surface area contributed by atoms with E-state index in [4.69, 9.17) is 14.6 Å². The standard InChI is InChI=1S/C27H33F2N5O5/c1-17-25(34(19-6-4-3-5-7-19)32-26(17)39-16-20(36)15-35)31-27(37)30-24-14-33(10-11-38-2)13-21(24)18-8-9-22(28)23(29)12-18/h3-9,12,20-21,24,35-36H,10-11,13-16H2,1-2H3,(H2,30,31,37). The third-order valence-electron chi connectivity index (χ3n) is 6.63. The van der Waals surface area contributed by atoms with Crippen LogP contribution < -0.4 is 15.4 Å². The van der Waals surface area contributed by atoms with Crippen molar-refractivity contribution in [2.45, 2.75) is 25.0 Å². The summed E-state index contributed by atoms with van der Waals surface area (Å²) in [7, 11) is 1.60. The third-order valence-corrected chi connectivity index (χ3v) is 6.63. The van der Waals surface area contributed by atoms with Crippen molar-refractivity contribution in [3.8, 4) is 11.6 Å². The van der Waals surface area contributed by atoms with Gasteiger partial charge in [0, 0.05) is 32.7 Å². The lowest BCUT2D eigenvalue weighted by Crippen LogP contribution is -2.42. The molecule has 2 heterocycles. The van der Waals surface area contributed by atoms with Gasteiger partial charge in [-0.1, -0.05) is 24.3 Å². The maximum atomic E-state index is 14.0. The van der Waals surface area contributed by atoms with Crippen LogP contribution in [0.1, 0.15) is 17.0 Å². The zero-order valence-corrected chi connectivity index (χ0v) is 21.8. The zero-order valence-electron chi connectivity index (χ0n) is 21.8. The Kier molecular flexibility index (Phi) is 9.46. The molecule has 0 spiro atoms. The second-order valence-electron chi connectivity index (χ2n) is 9.41. The van der Waals surface area contributed by atoms with Crippen molar-refractivity contribution in [2.24, 2.45) is 0 Å². The minimum atomic E-state index is -1.08. The van der Waals surface area contributed by atoms with Crippen LogP contribution in [-0.4, -0.2) is 89.6 Å². The highest BCUT2D eigenvalue weighted by Gasteiger charge is 2.35. The molecule has 3 atom stereocenters. The normalized spacial score (nSPS) is 18.2. The van der Waals surface area contributed by atoms with Crippen LogP contribution in [0.5, 0.6) is 5.88 Å². The predicted molar refractivity (Wildman–Crippen MR) is 140 cm³/mol. The Hall–Kier alpha value is -3.58. The maximum absolute atomic E-state index is 14.0. The average molecular weight is 546 g/mol. The Morgan fingerprint density at radius 2 is 1.95 bits per heavy atom. The molecule has 1 aliphatic rings. The molecule has 0 aliphatic carbocycles. The van der Waals surface area contributed by atoms with Gasteiger partial charge in [0.05, 0.1) is 30.5 Å². The van der Waals surface area contributed by atoms with Crippen LogP contribution in [-0.2, 0) is 4.74 Å². The molecule has 1 saturated heterocycles. The minimum absolute atomic E-state index is 0.177. The molecule has 210 valence electrons. The number of rotatable bonds is 11.